The number of para-hydroxylation sites is 1. The molecule has 0 fully saturated rings. The number of halogens is 2. The van der Waals surface area contributed by atoms with Crippen LogP contribution in [0.25, 0.3) is 11.0 Å². The van der Waals surface area contributed by atoms with Gasteiger partial charge in [-0.2, -0.15) is 0 Å². The molecule has 7 heteroatoms. The Balaban J connectivity index is 0.00000242. The quantitative estimate of drug-likeness (QED) is 0.634. The topological polar surface area (TPSA) is 69.8 Å². The first-order valence-electron chi connectivity index (χ1n) is 7.62. The smallest absolute Gasteiger partial charge is 0.220 e. The Morgan fingerprint density at radius 1 is 1.22 bits per heavy atom. The number of benzene rings is 1. The minimum atomic E-state index is 0. The summed E-state index contributed by atoms with van der Waals surface area (Å²) in [6.45, 7) is 6.67. The van der Waals surface area contributed by atoms with Crippen LogP contribution in [0.4, 0.5) is 0 Å². The summed E-state index contributed by atoms with van der Waals surface area (Å²) in [5.41, 5.74) is 3.19. The van der Waals surface area contributed by atoms with Gasteiger partial charge in [-0.05, 0) is 31.5 Å². The predicted molar refractivity (Wildman–Crippen MR) is 99.8 cm³/mol. The number of fused-ring (bicyclic) bond motifs is 1. The average Bonchev–Trinajstić information content (AvgIpc) is 2.89. The van der Waals surface area contributed by atoms with Crippen molar-refractivity contribution in [2.45, 2.75) is 33.1 Å². The summed E-state index contributed by atoms with van der Waals surface area (Å²) in [7, 11) is 0. The monoisotopic (exact) mass is 360 g/mol. The minimum absolute atomic E-state index is 0. The summed E-state index contributed by atoms with van der Waals surface area (Å²) in [6.07, 6.45) is 2.22. The number of aryl methyl sites for hydroxylation is 2. The summed E-state index contributed by atoms with van der Waals surface area (Å²) in [5.74, 6) is 0.948. The molecule has 0 aliphatic carbocycles. The van der Waals surface area contributed by atoms with E-state index in [0.717, 1.165) is 41.9 Å². The normalized spacial score (nSPS) is 10.0. The summed E-state index contributed by atoms with van der Waals surface area (Å²) in [4.78, 5) is 19.6. The molecule has 23 heavy (non-hydrogen) atoms. The van der Waals surface area contributed by atoms with Crippen molar-refractivity contribution in [1.29, 1.82) is 0 Å². The predicted octanol–water partition coefficient (Wildman–Crippen LogP) is 2.76. The molecule has 0 aliphatic heterocycles. The highest BCUT2D eigenvalue weighted by atomic mass is 35.5. The highest BCUT2D eigenvalue weighted by Crippen LogP contribution is 2.15. The van der Waals surface area contributed by atoms with Crippen LogP contribution in [0.5, 0.6) is 0 Å². The van der Waals surface area contributed by atoms with Gasteiger partial charge in [-0.25, -0.2) is 4.98 Å². The Bertz CT molecular complexity index is 601. The number of hydrogen-bond acceptors (Lipinski definition) is 3. The lowest BCUT2D eigenvalue weighted by Crippen LogP contribution is -2.32. The second-order valence-electron chi connectivity index (χ2n) is 5.25. The third-order valence-electron chi connectivity index (χ3n) is 3.40. The summed E-state index contributed by atoms with van der Waals surface area (Å²) < 4.78 is 0. The van der Waals surface area contributed by atoms with Crippen LogP contribution in [-0.4, -0.2) is 35.5 Å². The Labute approximate surface area is 149 Å². The van der Waals surface area contributed by atoms with Crippen LogP contribution in [0.15, 0.2) is 18.2 Å². The van der Waals surface area contributed by atoms with Crippen molar-refractivity contribution in [2.75, 3.05) is 19.6 Å². The maximum absolute atomic E-state index is 11.8. The van der Waals surface area contributed by atoms with Crippen molar-refractivity contribution in [1.82, 2.24) is 20.6 Å². The van der Waals surface area contributed by atoms with E-state index in [4.69, 9.17) is 0 Å². The Morgan fingerprint density at radius 2 is 2.00 bits per heavy atom. The van der Waals surface area contributed by atoms with Crippen LogP contribution < -0.4 is 10.6 Å². The third kappa shape index (κ3) is 6.77. The zero-order chi connectivity index (χ0) is 15.1. The van der Waals surface area contributed by atoms with Gasteiger partial charge in [0.05, 0.1) is 11.0 Å². The molecule has 1 aromatic heterocycles. The van der Waals surface area contributed by atoms with Gasteiger partial charge < -0.3 is 15.6 Å². The lowest BCUT2D eigenvalue weighted by molar-refractivity contribution is -0.121. The van der Waals surface area contributed by atoms with Gasteiger partial charge in [0, 0.05) is 25.9 Å². The molecule has 0 atom stereocenters. The van der Waals surface area contributed by atoms with Crippen LogP contribution in [0.2, 0.25) is 0 Å². The third-order valence-corrected chi connectivity index (χ3v) is 3.40. The lowest BCUT2D eigenvalue weighted by Gasteiger charge is -2.05. The van der Waals surface area contributed by atoms with E-state index in [9.17, 15) is 4.79 Å². The van der Waals surface area contributed by atoms with E-state index in [1.165, 1.54) is 0 Å². The van der Waals surface area contributed by atoms with Crippen LogP contribution in [0.1, 0.15) is 31.2 Å². The summed E-state index contributed by atoms with van der Waals surface area (Å²) in [6, 6.07) is 6.07. The zero-order valence-corrected chi connectivity index (χ0v) is 15.3. The Hall–Kier alpha value is -1.30. The molecule has 2 rings (SSSR count). The van der Waals surface area contributed by atoms with Crippen LogP contribution in [-0.2, 0) is 11.2 Å². The molecular weight excluding hydrogens is 335 g/mol. The molecule has 0 radical (unpaired) electrons. The molecule has 0 saturated carbocycles. The first kappa shape index (κ1) is 21.7. The van der Waals surface area contributed by atoms with Gasteiger partial charge in [-0.1, -0.05) is 19.1 Å². The Kier molecular flexibility index (Phi) is 10.6. The molecule has 0 spiro atoms. The number of H-pyrrole nitrogens is 1. The molecule has 3 N–H and O–H groups in total. The van der Waals surface area contributed by atoms with E-state index in [2.05, 4.69) is 27.5 Å². The van der Waals surface area contributed by atoms with E-state index in [1.54, 1.807) is 0 Å². The average molecular weight is 361 g/mol. The number of nitrogens with zero attached hydrogens (tertiary/aromatic N) is 1. The summed E-state index contributed by atoms with van der Waals surface area (Å²) >= 11 is 0. The maximum Gasteiger partial charge on any atom is 0.220 e. The second-order valence-corrected chi connectivity index (χ2v) is 5.25. The van der Waals surface area contributed by atoms with Gasteiger partial charge >= 0.3 is 0 Å². The number of amides is 1. The van der Waals surface area contributed by atoms with Crippen molar-refractivity contribution < 1.29 is 4.79 Å². The van der Waals surface area contributed by atoms with E-state index < -0.39 is 0 Å². The maximum atomic E-state index is 11.8. The van der Waals surface area contributed by atoms with Crippen molar-refractivity contribution in [2.24, 2.45) is 0 Å². The first-order valence-corrected chi connectivity index (χ1v) is 7.62. The van der Waals surface area contributed by atoms with Gasteiger partial charge in [0.2, 0.25) is 5.91 Å². The Morgan fingerprint density at radius 3 is 2.70 bits per heavy atom. The number of rotatable bonds is 8. The number of carbonyl (C=O) groups excluding carboxylic acids is 1. The molecule has 1 amide bonds. The standard InChI is InChI=1S/C16H24N4O.2ClH/c1-3-9-17-10-11-18-15(21)8-7-14-19-13-6-4-5-12(2)16(13)20-14;;/h4-6,17H,3,7-11H2,1-2H3,(H,18,21)(H,19,20);2*1H. The fourth-order valence-electron chi connectivity index (χ4n) is 2.26. The van der Waals surface area contributed by atoms with Crippen LogP contribution in [0, 0.1) is 6.92 Å². The van der Waals surface area contributed by atoms with Crippen molar-refractivity contribution in [3.8, 4) is 0 Å². The van der Waals surface area contributed by atoms with Crippen molar-refractivity contribution in [3.05, 3.63) is 29.6 Å². The van der Waals surface area contributed by atoms with Crippen LogP contribution >= 0.6 is 24.8 Å². The zero-order valence-electron chi connectivity index (χ0n) is 13.6. The molecule has 0 saturated heterocycles. The fraction of sp³-hybridized carbons (Fsp3) is 0.500. The first-order chi connectivity index (χ1) is 10.2. The molecule has 0 aliphatic rings. The molecule has 1 heterocycles. The van der Waals surface area contributed by atoms with Crippen molar-refractivity contribution >= 4 is 41.8 Å². The largest absolute Gasteiger partial charge is 0.355 e. The van der Waals surface area contributed by atoms with Gasteiger partial charge in [0.15, 0.2) is 0 Å². The van der Waals surface area contributed by atoms with Gasteiger partial charge in [0.25, 0.3) is 0 Å². The lowest BCUT2D eigenvalue weighted by atomic mass is 10.2. The highest BCUT2D eigenvalue weighted by Gasteiger charge is 2.07. The fourth-order valence-corrected chi connectivity index (χ4v) is 2.26. The summed E-state index contributed by atoms with van der Waals surface area (Å²) in [5, 5.41) is 6.17. The minimum Gasteiger partial charge on any atom is -0.355 e. The van der Waals surface area contributed by atoms with Gasteiger partial charge in [0.1, 0.15) is 5.82 Å². The van der Waals surface area contributed by atoms with E-state index in [0.29, 0.717) is 19.4 Å². The van der Waals surface area contributed by atoms with Gasteiger partial charge in [-0.15, -0.1) is 24.8 Å². The number of imidazole rings is 1. The second kappa shape index (κ2) is 11.3. The molecule has 0 unspecified atom stereocenters. The van der Waals surface area contributed by atoms with E-state index in [-0.39, 0.29) is 30.7 Å². The molecule has 1 aromatic carbocycles. The number of carbonyl (C=O) groups is 1. The number of aromatic amines is 1. The van der Waals surface area contributed by atoms with E-state index in [1.807, 2.05) is 25.1 Å². The number of aromatic nitrogens is 2. The molecule has 130 valence electrons. The number of hydrogen-bond donors (Lipinski definition) is 3. The molecule has 5 nitrogen and oxygen atoms in total. The highest BCUT2D eigenvalue weighted by molar-refractivity contribution is 5.85. The van der Waals surface area contributed by atoms with Crippen molar-refractivity contribution in [3.63, 3.8) is 0 Å². The van der Waals surface area contributed by atoms with Gasteiger partial charge in [-0.3, -0.25) is 4.79 Å². The van der Waals surface area contributed by atoms with E-state index >= 15 is 0 Å². The molecular formula is C16H26Cl2N4O. The molecule has 0 bridgehead atoms. The SMILES string of the molecule is CCCNCCNC(=O)CCc1nc2c(C)cccc2[nH]1.Cl.Cl. The van der Waals surface area contributed by atoms with Crippen LogP contribution in [0.3, 0.4) is 0 Å². The number of nitrogens with one attached hydrogen (secondary N) is 3. The molecule has 2 aromatic rings.